The van der Waals surface area contributed by atoms with Crippen LogP contribution in [-0.4, -0.2) is 10.9 Å². The molecular formula is C22H11Cl2IN2O2S. The number of hydrogen-bond donors (Lipinski definition) is 1. The zero-order valence-electron chi connectivity index (χ0n) is 15.1. The van der Waals surface area contributed by atoms with Crippen molar-refractivity contribution in [3.05, 3.63) is 79.2 Å². The van der Waals surface area contributed by atoms with Crippen LogP contribution >= 0.6 is 57.1 Å². The first kappa shape index (κ1) is 19.8. The SMILES string of the molecule is O=C(Nc1ccc2oc(-c3cc(I)ccc3Cl)nc2c1)c1sc2ccccc2c1Cl. The summed E-state index contributed by atoms with van der Waals surface area (Å²) in [6.07, 6.45) is 0. The number of amides is 1. The van der Waals surface area contributed by atoms with Crippen LogP contribution in [0.3, 0.4) is 0 Å². The molecule has 5 aromatic rings. The van der Waals surface area contributed by atoms with E-state index in [-0.39, 0.29) is 5.91 Å². The number of carbonyl (C=O) groups is 1. The summed E-state index contributed by atoms with van der Waals surface area (Å²) in [7, 11) is 0. The van der Waals surface area contributed by atoms with Crippen LogP contribution in [-0.2, 0) is 0 Å². The van der Waals surface area contributed by atoms with E-state index in [9.17, 15) is 4.79 Å². The maximum Gasteiger partial charge on any atom is 0.267 e. The van der Waals surface area contributed by atoms with Gasteiger partial charge in [0, 0.05) is 19.3 Å². The van der Waals surface area contributed by atoms with Crippen molar-refractivity contribution in [3.8, 4) is 11.5 Å². The third kappa shape index (κ3) is 3.58. The number of nitrogens with one attached hydrogen (secondary N) is 1. The van der Waals surface area contributed by atoms with Crippen molar-refractivity contribution < 1.29 is 9.21 Å². The molecule has 0 aliphatic heterocycles. The van der Waals surface area contributed by atoms with Gasteiger partial charge in [-0.05, 0) is 65.1 Å². The Morgan fingerprint density at radius 3 is 2.73 bits per heavy atom. The molecule has 0 saturated carbocycles. The molecule has 0 aliphatic rings. The lowest BCUT2D eigenvalue weighted by Gasteiger charge is -2.03. The molecule has 0 radical (unpaired) electrons. The Hall–Kier alpha value is -2.13. The van der Waals surface area contributed by atoms with Crippen LogP contribution in [0, 0.1) is 3.57 Å². The van der Waals surface area contributed by atoms with Crippen LogP contribution in [0.4, 0.5) is 5.69 Å². The standard InChI is InChI=1S/C22H11Cl2IN2O2S/c23-15-7-5-11(25)9-14(15)22-27-16-10-12(6-8-17(16)29-22)26-21(28)20-19(24)13-3-1-2-4-18(13)30-20/h1-10H,(H,26,28). The average molecular weight is 565 g/mol. The molecule has 0 fully saturated rings. The topological polar surface area (TPSA) is 55.1 Å². The fraction of sp³-hybridized carbons (Fsp3) is 0. The Bertz CT molecular complexity index is 1440. The van der Waals surface area contributed by atoms with Crippen molar-refractivity contribution in [2.24, 2.45) is 0 Å². The summed E-state index contributed by atoms with van der Waals surface area (Å²) in [4.78, 5) is 17.8. The molecule has 0 unspecified atom stereocenters. The summed E-state index contributed by atoms with van der Waals surface area (Å²) in [5.74, 6) is 0.175. The van der Waals surface area contributed by atoms with E-state index < -0.39 is 0 Å². The molecule has 8 heteroatoms. The molecule has 3 aromatic carbocycles. The second-order valence-corrected chi connectivity index (χ2v) is 9.60. The van der Waals surface area contributed by atoms with E-state index in [1.54, 1.807) is 18.2 Å². The third-order valence-electron chi connectivity index (χ3n) is 4.55. The van der Waals surface area contributed by atoms with E-state index in [2.05, 4.69) is 32.9 Å². The van der Waals surface area contributed by atoms with Gasteiger partial charge in [-0.1, -0.05) is 41.4 Å². The van der Waals surface area contributed by atoms with E-state index in [0.29, 0.717) is 37.6 Å². The normalized spacial score (nSPS) is 11.3. The molecule has 0 spiro atoms. The number of fused-ring (bicyclic) bond motifs is 2. The smallest absolute Gasteiger partial charge is 0.267 e. The summed E-state index contributed by atoms with van der Waals surface area (Å²) < 4.78 is 7.86. The van der Waals surface area contributed by atoms with Crippen molar-refractivity contribution in [3.63, 3.8) is 0 Å². The van der Waals surface area contributed by atoms with Gasteiger partial charge in [0.15, 0.2) is 5.58 Å². The number of rotatable bonds is 3. The Morgan fingerprint density at radius 2 is 1.90 bits per heavy atom. The van der Waals surface area contributed by atoms with Crippen LogP contribution in [0.2, 0.25) is 10.0 Å². The highest BCUT2D eigenvalue weighted by Gasteiger charge is 2.18. The first-order valence-electron chi connectivity index (χ1n) is 8.84. The van der Waals surface area contributed by atoms with Crippen LogP contribution in [0.5, 0.6) is 0 Å². The molecule has 148 valence electrons. The van der Waals surface area contributed by atoms with Crippen LogP contribution < -0.4 is 5.32 Å². The van der Waals surface area contributed by atoms with Gasteiger partial charge >= 0.3 is 0 Å². The Balaban J connectivity index is 1.47. The van der Waals surface area contributed by atoms with Gasteiger partial charge in [0.1, 0.15) is 10.4 Å². The van der Waals surface area contributed by atoms with Gasteiger partial charge in [-0.3, -0.25) is 4.79 Å². The minimum Gasteiger partial charge on any atom is -0.436 e. The van der Waals surface area contributed by atoms with E-state index in [0.717, 1.165) is 19.2 Å². The molecule has 2 heterocycles. The van der Waals surface area contributed by atoms with Crippen LogP contribution in [0.15, 0.2) is 65.1 Å². The lowest BCUT2D eigenvalue weighted by Crippen LogP contribution is -2.10. The summed E-state index contributed by atoms with van der Waals surface area (Å²) in [5, 5.41) is 4.80. The molecule has 0 aliphatic carbocycles. The van der Waals surface area contributed by atoms with Crippen LogP contribution in [0.1, 0.15) is 9.67 Å². The zero-order valence-corrected chi connectivity index (χ0v) is 19.6. The lowest BCUT2D eigenvalue weighted by molar-refractivity contribution is 0.103. The number of thiophene rings is 1. The molecule has 0 atom stereocenters. The van der Waals surface area contributed by atoms with E-state index in [4.69, 9.17) is 27.6 Å². The summed E-state index contributed by atoms with van der Waals surface area (Å²) >= 11 is 16.3. The number of anilines is 1. The van der Waals surface area contributed by atoms with Crippen molar-refractivity contribution in [2.75, 3.05) is 5.32 Å². The van der Waals surface area contributed by atoms with Crippen molar-refractivity contribution >= 4 is 89.9 Å². The predicted octanol–water partition coefficient (Wildman–Crippen LogP) is 7.87. The highest BCUT2D eigenvalue weighted by atomic mass is 127. The maximum atomic E-state index is 12.8. The molecule has 4 nitrogen and oxygen atoms in total. The van der Waals surface area contributed by atoms with Gasteiger partial charge in [0.2, 0.25) is 5.89 Å². The molecule has 2 aromatic heterocycles. The molecule has 1 amide bonds. The van der Waals surface area contributed by atoms with Gasteiger partial charge in [-0.2, -0.15) is 0 Å². The second kappa shape index (κ2) is 7.85. The molecule has 0 bridgehead atoms. The van der Waals surface area contributed by atoms with Crippen molar-refractivity contribution in [2.45, 2.75) is 0 Å². The number of benzene rings is 3. The van der Waals surface area contributed by atoms with E-state index in [1.165, 1.54) is 11.3 Å². The van der Waals surface area contributed by atoms with Gasteiger partial charge in [-0.15, -0.1) is 11.3 Å². The quantitative estimate of drug-likeness (QED) is 0.227. The molecule has 5 rings (SSSR count). The fourth-order valence-corrected chi connectivity index (χ4v) is 5.23. The number of nitrogens with zero attached hydrogens (tertiary/aromatic N) is 1. The van der Waals surface area contributed by atoms with Gasteiger partial charge < -0.3 is 9.73 Å². The monoisotopic (exact) mass is 564 g/mol. The minimum atomic E-state index is -0.259. The first-order valence-corrected chi connectivity index (χ1v) is 11.5. The summed E-state index contributed by atoms with van der Waals surface area (Å²) in [5.41, 5.74) is 2.56. The second-order valence-electron chi connectivity index (χ2n) is 6.52. The number of hydrogen-bond acceptors (Lipinski definition) is 4. The maximum absolute atomic E-state index is 12.8. The van der Waals surface area contributed by atoms with Crippen molar-refractivity contribution in [1.82, 2.24) is 4.98 Å². The lowest BCUT2D eigenvalue weighted by atomic mass is 10.2. The summed E-state index contributed by atoms with van der Waals surface area (Å²) in [6.45, 7) is 0. The fourth-order valence-electron chi connectivity index (χ4n) is 3.13. The summed E-state index contributed by atoms with van der Waals surface area (Å²) in [6, 6.07) is 18.6. The third-order valence-corrected chi connectivity index (χ3v) is 7.22. The highest BCUT2D eigenvalue weighted by Crippen LogP contribution is 2.36. The number of oxazole rings is 1. The first-order chi connectivity index (χ1) is 14.5. The highest BCUT2D eigenvalue weighted by molar-refractivity contribution is 14.1. The van der Waals surface area contributed by atoms with E-state index in [1.807, 2.05) is 42.5 Å². The molecule has 30 heavy (non-hydrogen) atoms. The van der Waals surface area contributed by atoms with Gasteiger partial charge in [0.05, 0.1) is 15.6 Å². The minimum absolute atomic E-state index is 0.259. The van der Waals surface area contributed by atoms with E-state index >= 15 is 0 Å². The molecule has 1 N–H and O–H groups in total. The number of halogens is 3. The zero-order chi connectivity index (χ0) is 20.8. The number of carbonyl (C=O) groups excluding carboxylic acids is 1. The average Bonchev–Trinajstić information content (AvgIpc) is 3.31. The van der Waals surface area contributed by atoms with Crippen LogP contribution in [0.25, 0.3) is 32.6 Å². The van der Waals surface area contributed by atoms with Gasteiger partial charge in [0.25, 0.3) is 5.91 Å². The van der Waals surface area contributed by atoms with Crippen molar-refractivity contribution in [1.29, 1.82) is 0 Å². The number of aromatic nitrogens is 1. The Labute approximate surface area is 199 Å². The largest absolute Gasteiger partial charge is 0.436 e. The predicted molar refractivity (Wildman–Crippen MR) is 132 cm³/mol. The van der Waals surface area contributed by atoms with Gasteiger partial charge in [-0.25, -0.2) is 4.98 Å². The molecule has 0 saturated heterocycles. The Morgan fingerprint density at radius 1 is 1.07 bits per heavy atom. The Kier molecular flexibility index (Phi) is 5.18. The molecular weight excluding hydrogens is 554 g/mol.